The van der Waals surface area contributed by atoms with Gasteiger partial charge in [0.25, 0.3) is 0 Å². The number of rotatable bonds is 5. The van der Waals surface area contributed by atoms with Gasteiger partial charge in [0.2, 0.25) is 0 Å². The van der Waals surface area contributed by atoms with E-state index in [2.05, 4.69) is 24.1 Å². The number of nitrogen functional groups attached to an aromatic ring is 1. The maximum Gasteiger partial charge on any atom is 0.0724 e. The highest BCUT2D eigenvalue weighted by atomic mass is 16.5. The summed E-state index contributed by atoms with van der Waals surface area (Å²) in [6.45, 7) is 4.98. The molecule has 0 radical (unpaired) electrons. The molecule has 1 heterocycles. The Labute approximate surface area is 114 Å². The zero-order valence-electron chi connectivity index (χ0n) is 11.7. The minimum Gasteiger partial charge on any atom is -0.397 e. The van der Waals surface area contributed by atoms with Gasteiger partial charge < -0.3 is 15.8 Å². The van der Waals surface area contributed by atoms with E-state index in [1.807, 2.05) is 24.3 Å². The fourth-order valence-electron chi connectivity index (χ4n) is 2.08. The molecule has 1 unspecified atom stereocenters. The lowest BCUT2D eigenvalue weighted by Crippen LogP contribution is -2.30. The van der Waals surface area contributed by atoms with Gasteiger partial charge in [-0.3, -0.25) is 4.98 Å². The van der Waals surface area contributed by atoms with Gasteiger partial charge in [0.15, 0.2) is 0 Å². The fourth-order valence-corrected chi connectivity index (χ4v) is 2.08. The summed E-state index contributed by atoms with van der Waals surface area (Å²) in [6.07, 6.45) is 1.77. The Morgan fingerprint density at radius 1 is 1.32 bits per heavy atom. The van der Waals surface area contributed by atoms with Crippen LogP contribution in [-0.2, 0) is 4.74 Å². The van der Waals surface area contributed by atoms with Gasteiger partial charge in [-0.05, 0) is 30.2 Å². The molecule has 2 aromatic rings. The third kappa shape index (κ3) is 2.96. The van der Waals surface area contributed by atoms with Crippen LogP contribution in [0, 0.1) is 5.92 Å². The summed E-state index contributed by atoms with van der Waals surface area (Å²) in [5, 5.41) is 4.44. The van der Waals surface area contributed by atoms with Gasteiger partial charge in [0.05, 0.1) is 29.5 Å². The Morgan fingerprint density at radius 3 is 2.79 bits per heavy atom. The first-order valence-electron chi connectivity index (χ1n) is 6.52. The largest absolute Gasteiger partial charge is 0.397 e. The maximum absolute atomic E-state index is 6.22. The Hall–Kier alpha value is -1.81. The average molecular weight is 259 g/mol. The van der Waals surface area contributed by atoms with Gasteiger partial charge in [-0.2, -0.15) is 0 Å². The quantitative estimate of drug-likeness (QED) is 0.811. The van der Waals surface area contributed by atoms with Crippen LogP contribution >= 0.6 is 0 Å². The van der Waals surface area contributed by atoms with Crippen LogP contribution in [0.3, 0.4) is 0 Å². The highest BCUT2D eigenvalue weighted by Crippen LogP contribution is 2.28. The van der Waals surface area contributed by atoms with E-state index >= 15 is 0 Å². The van der Waals surface area contributed by atoms with Crippen LogP contribution in [0.2, 0.25) is 0 Å². The van der Waals surface area contributed by atoms with Crippen LogP contribution < -0.4 is 11.1 Å². The molecule has 0 bridgehead atoms. The smallest absolute Gasteiger partial charge is 0.0724 e. The molecule has 4 nitrogen and oxygen atoms in total. The standard InChI is InChI=1S/C15H21N3O/c1-10(2)14(9-19-3)18-13-7-6-12-11(15(13)16)5-4-8-17-12/h4-8,10,14,18H,9,16H2,1-3H3. The molecule has 2 rings (SSSR count). The van der Waals surface area contributed by atoms with Gasteiger partial charge in [0, 0.05) is 18.7 Å². The molecule has 0 fully saturated rings. The second kappa shape index (κ2) is 5.89. The van der Waals surface area contributed by atoms with Crippen molar-refractivity contribution in [3.8, 4) is 0 Å². The molecule has 0 saturated heterocycles. The first kappa shape index (κ1) is 13.6. The SMILES string of the molecule is COCC(Nc1ccc2ncccc2c1N)C(C)C. The Bertz CT molecular complexity index is 554. The van der Waals surface area contributed by atoms with E-state index in [9.17, 15) is 0 Å². The normalized spacial score (nSPS) is 12.8. The second-order valence-electron chi connectivity index (χ2n) is 5.05. The van der Waals surface area contributed by atoms with Crippen LogP contribution in [0.5, 0.6) is 0 Å². The molecule has 0 spiro atoms. The lowest BCUT2D eigenvalue weighted by molar-refractivity contribution is 0.171. The van der Waals surface area contributed by atoms with Crippen molar-refractivity contribution in [3.05, 3.63) is 30.5 Å². The summed E-state index contributed by atoms with van der Waals surface area (Å²) >= 11 is 0. The highest BCUT2D eigenvalue weighted by molar-refractivity contribution is 5.96. The number of hydrogen-bond donors (Lipinski definition) is 2. The molecule has 102 valence electrons. The molecule has 1 aromatic carbocycles. The van der Waals surface area contributed by atoms with E-state index < -0.39 is 0 Å². The Morgan fingerprint density at radius 2 is 2.11 bits per heavy atom. The Balaban J connectivity index is 2.32. The third-order valence-electron chi connectivity index (χ3n) is 3.32. The second-order valence-corrected chi connectivity index (χ2v) is 5.05. The number of nitrogens with zero attached hydrogens (tertiary/aromatic N) is 1. The van der Waals surface area contributed by atoms with Gasteiger partial charge in [-0.1, -0.05) is 13.8 Å². The van der Waals surface area contributed by atoms with E-state index in [-0.39, 0.29) is 6.04 Å². The van der Waals surface area contributed by atoms with Crippen molar-refractivity contribution in [2.75, 3.05) is 24.8 Å². The molecule has 4 heteroatoms. The molecule has 0 amide bonds. The fraction of sp³-hybridized carbons (Fsp3) is 0.400. The summed E-state index contributed by atoms with van der Waals surface area (Å²) in [6, 6.07) is 8.09. The minimum atomic E-state index is 0.237. The number of ether oxygens (including phenoxy) is 1. The first-order valence-corrected chi connectivity index (χ1v) is 6.52. The predicted molar refractivity (Wildman–Crippen MR) is 80.3 cm³/mol. The lowest BCUT2D eigenvalue weighted by Gasteiger charge is -2.24. The van der Waals surface area contributed by atoms with Crippen molar-refractivity contribution in [3.63, 3.8) is 0 Å². The van der Waals surface area contributed by atoms with Crippen molar-refractivity contribution in [2.45, 2.75) is 19.9 Å². The van der Waals surface area contributed by atoms with Crippen molar-refractivity contribution in [1.82, 2.24) is 4.98 Å². The summed E-state index contributed by atoms with van der Waals surface area (Å²) in [4.78, 5) is 4.30. The molecule has 0 aliphatic heterocycles. The number of hydrogen-bond acceptors (Lipinski definition) is 4. The van der Waals surface area contributed by atoms with Crippen LogP contribution in [0.1, 0.15) is 13.8 Å². The van der Waals surface area contributed by atoms with Gasteiger partial charge in [0.1, 0.15) is 0 Å². The van der Waals surface area contributed by atoms with E-state index in [0.29, 0.717) is 12.5 Å². The molecule has 0 aliphatic carbocycles. The monoisotopic (exact) mass is 259 g/mol. The van der Waals surface area contributed by atoms with Gasteiger partial charge in [-0.15, -0.1) is 0 Å². The molecule has 0 aliphatic rings. The lowest BCUT2D eigenvalue weighted by atomic mass is 10.0. The van der Waals surface area contributed by atoms with Gasteiger partial charge >= 0.3 is 0 Å². The van der Waals surface area contributed by atoms with Crippen LogP contribution in [0.4, 0.5) is 11.4 Å². The number of pyridine rings is 1. The molecule has 3 N–H and O–H groups in total. The number of anilines is 2. The zero-order chi connectivity index (χ0) is 13.8. The molecular formula is C15H21N3O. The van der Waals surface area contributed by atoms with Crippen LogP contribution in [0.25, 0.3) is 10.9 Å². The summed E-state index contributed by atoms with van der Waals surface area (Å²) < 4.78 is 5.25. The third-order valence-corrected chi connectivity index (χ3v) is 3.32. The molecular weight excluding hydrogens is 238 g/mol. The summed E-state index contributed by atoms with van der Waals surface area (Å²) in [7, 11) is 1.71. The molecule has 19 heavy (non-hydrogen) atoms. The van der Waals surface area contributed by atoms with Crippen LogP contribution in [-0.4, -0.2) is 24.7 Å². The number of methoxy groups -OCH3 is 1. The first-order chi connectivity index (χ1) is 9.13. The van der Waals surface area contributed by atoms with Crippen LogP contribution in [0.15, 0.2) is 30.5 Å². The predicted octanol–water partition coefficient (Wildman–Crippen LogP) is 2.90. The number of nitrogens with one attached hydrogen (secondary N) is 1. The number of aromatic nitrogens is 1. The van der Waals surface area contributed by atoms with Crippen molar-refractivity contribution in [2.24, 2.45) is 5.92 Å². The van der Waals surface area contributed by atoms with Crippen molar-refractivity contribution in [1.29, 1.82) is 0 Å². The van der Waals surface area contributed by atoms with E-state index in [1.54, 1.807) is 13.3 Å². The summed E-state index contributed by atoms with van der Waals surface area (Å²) in [5.74, 6) is 0.462. The highest BCUT2D eigenvalue weighted by Gasteiger charge is 2.15. The van der Waals surface area contributed by atoms with E-state index in [4.69, 9.17) is 10.5 Å². The maximum atomic E-state index is 6.22. The zero-order valence-corrected chi connectivity index (χ0v) is 11.7. The van der Waals surface area contributed by atoms with E-state index in [0.717, 1.165) is 22.3 Å². The van der Waals surface area contributed by atoms with Crippen molar-refractivity contribution < 1.29 is 4.74 Å². The number of fused-ring (bicyclic) bond motifs is 1. The molecule has 0 saturated carbocycles. The summed E-state index contributed by atoms with van der Waals surface area (Å²) in [5.41, 5.74) is 8.82. The topological polar surface area (TPSA) is 60.2 Å². The Kier molecular flexibility index (Phi) is 4.22. The minimum absolute atomic E-state index is 0.237. The van der Waals surface area contributed by atoms with Crippen molar-refractivity contribution >= 4 is 22.3 Å². The average Bonchev–Trinajstić information content (AvgIpc) is 2.41. The molecule has 1 aromatic heterocycles. The molecule has 1 atom stereocenters. The van der Waals surface area contributed by atoms with E-state index in [1.165, 1.54) is 0 Å². The number of nitrogens with two attached hydrogens (primary N) is 1. The van der Waals surface area contributed by atoms with Gasteiger partial charge in [-0.25, -0.2) is 0 Å². The number of benzene rings is 1.